The lowest BCUT2D eigenvalue weighted by atomic mass is 10.1. The van der Waals surface area contributed by atoms with Crippen molar-refractivity contribution in [2.45, 2.75) is 25.0 Å². The van der Waals surface area contributed by atoms with E-state index < -0.39 is 31.1 Å². The molecule has 1 heterocycles. The van der Waals surface area contributed by atoms with E-state index >= 15 is 0 Å². The van der Waals surface area contributed by atoms with Crippen LogP contribution in [-0.2, 0) is 6.42 Å². The van der Waals surface area contributed by atoms with Crippen molar-refractivity contribution in [3.63, 3.8) is 0 Å². The van der Waals surface area contributed by atoms with E-state index in [9.17, 15) is 18.7 Å². The summed E-state index contributed by atoms with van der Waals surface area (Å²) in [7, 11) is 0. The Morgan fingerprint density at radius 3 is 2.96 bits per heavy atom. The molecule has 2 aromatic rings. The van der Waals surface area contributed by atoms with E-state index in [1.54, 1.807) is 0 Å². The van der Waals surface area contributed by atoms with Crippen molar-refractivity contribution < 1.29 is 23.4 Å². The van der Waals surface area contributed by atoms with E-state index in [0.29, 0.717) is 6.42 Å². The predicted molar refractivity (Wildman–Crippen MR) is 82.1 cm³/mol. The van der Waals surface area contributed by atoms with E-state index in [0.717, 1.165) is 11.1 Å². The Hall–Kier alpha value is -2.54. The van der Waals surface area contributed by atoms with Gasteiger partial charge in [-0.05, 0) is 17.2 Å². The fourth-order valence-corrected chi connectivity index (χ4v) is 2.75. The fourth-order valence-electron chi connectivity index (χ4n) is 2.75. The topological polar surface area (TPSA) is 71.5 Å². The molecule has 1 aromatic carbocycles. The number of aliphatic hydroxyl groups excluding tert-OH is 1. The number of rotatable bonds is 5. The quantitative estimate of drug-likeness (QED) is 0.879. The predicted octanol–water partition coefficient (Wildman–Crippen LogP) is 2.11. The number of aromatic nitrogens is 1. The third-order valence-electron chi connectivity index (χ3n) is 3.84. The van der Waals surface area contributed by atoms with E-state index in [-0.39, 0.29) is 11.4 Å². The number of carbonyl (C=O) groups excluding carboxylic acids is 1. The molecule has 1 aliphatic carbocycles. The van der Waals surface area contributed by atoms with Crippen LogP contribution < -0.4 is 10.1 Å². The number of ether oxygens (including phenoxy) is 1. The fraction of sp³-hybridized carbons (Fsp3) is 0.294. The molecule has 3 rings (SSSR count). The van der Waals surface area contributed by atoms with E-state index in [1.807, 2.05) is 24.3 Å². The van der Waals surface area contributed by atoms with Gasteiger partial charge in [0.2, 0.25) is 5.88 Å². The molecule has 2 unspecified atom stereocenters. The molecule has 0 fully saturated rings. The van der Waals surface area contributed by atoms with Gasteiger partial charge in [-0.25, -0.2) is 13.8 Å². The summed E-state index contributed by atoms with van der Waals surface area (Å²) in [4.78, 5) is 16.2. The molecule has 24 heavy (non-hydrogen) atoms. The summed E-state index contributed by atoms with van der Waals surface area (Å²) in [6.07, 6.45) is -1.54. The van der Waals surface area contributed by atoms with Gasteiger partial charge in [0.15, 0.2) is 6.61 Å². The Labute approximate surface area is 137 Å². The van der Waals surface area contributed by atoms with Gasteiger partial charge >= 0.3 is 0 Å². The molecule has 1 amide bonds. The molecule has 2 N–H and O–H groups in total. The molecule has 7 heteroatoms. The zero-order valence-corrected chi connectivity index (χ0v) is 12.7. The summed E-state index contributed by atoms with van der Waals surface area (Å²) >= 11 is 0. The number of hydrogen-bond donors (Lipinski definition) is 2. The largest absolute Gasteiger partial charge is 0.472 e. The minimum Gasteiger partial charge on any atom is -0.472 e. The van der Waals surface area contributed by atoms with Crippen molar-refractivity contribution in [2.24, 2.45) is 0 Å². The number of benzene rings is 1. The van der Waals surface area contributed by atoms with Crippen LogP contribution in [-0.4, -0.2) is 35.1 Å². The van der Waals surface area contributed by atoms with Crippen molar-refractivity contribution in [3.8, 4) is 5.88 Å². The molecule has 0 aliphatic heterocycles. The Morgan fingerprint density at radius 1 is 1.38 bits per heavy atom. The van der Waals surface area contributed by atoms with Crippen LogP contribution in [0.4, 0.5) is 8.78 Å². The molecule has 0 spiro atoms. The van der Waals surface area contributed by atoms with Gasteiger partial charge in [0.25, 0.3) is 12.3 Å². The van der Waals surface area contributed by atoms with Crippen LogP contribution in [0.3, 0.4) is 0 Å². The van der Waals surface area contributed by atoms with Crippen LogP contribution in [0, 0.1) is 0 Å². The van der Waals surface area contributed by atoms with Crippen molar-refractivity contribution in [2.75, 3.05) is 6.61 Å². The first-order chi connectivity index (χ1) is 11.5. The second-order valence-electron chi connectivity index (χ2n) is 5.51. The third kappa shape index (κ3) is 3.51. The smallest absolute Gasteiger partial charge is 0.272 e. The number of alkyl halides is 2. The Morgan fingerprint density at radius 2 is 2.17 bits per heavy atom. The molecule has 5 nitrogen and oxygen atoms in total. The lowest BCUT2D eigenvalue weighted by molar-refractivity contribution is 0.0792. The zero-order valence-electron chi connectivity index (χ0n) is 12.7. The maximum Gasteiger partial charge on any atom is 0.272 e. The molecule has 0 radical (unpaired) electrons. The molecular weight excluding hydrogens is 318 g/mol. The third-order valence-corrected chi connectivity index (χ3v) is 3.84. The number of carbonyl (C=O) groups is 1. The highest BCUT2D eigenvalue weighted by molar-refractivity contribution is 5.94. The number of pyridine rings is 1. The summed E-state index contributed by atoms with van der Waals surface area (Å²) < 4.78 is 29.2. The van der Waals surface area contributed by atoms with Crippen LogP contribution in [0.25, 0.3) is 0 Å². The SMILES string of the molecule is O=C(NC1c2ccccc2CC1O)c1ccnc(OCC(F)F)c1. The summed E-state index contributed by atoms with van der Waals surface area (Å²) in [5.74, 6) is -0.477. The highest BCUT2D eigenvalue weighted by atomic mass is 19.3. The van der Waals surface area contributed by atoms with Gasteiger partial charge in [0.1, 0.15) is 0 Å². The average molecular weight is 334 g/mol. The molecule has 0 saturated heterocycles. The van der Waals surface area contributed by atoms with Gasteiger partial charge in [-0.15, -0.1) is 0 Å². The van der Waals surface area contributed by atoms with Crippen LogP contribution in [0.2, 0.25) is 0 Å². The first kappa shape index (κ1) is 16.3. The number of fused-ring (bicyclic) bond motifs is 1. The first-order valence-electron chi connectivity index (χ1n) is 7.48. The second-order valence-corrected chi connectivity index (χ2v) is 5.51. The Bertz CT molecular complexity index is 739. The summed E-state index contributed by atoms with van der Waals surface area (Å²) in [6.45, 7) is -0.785. The van der Waals surface area contributed by atoms with E-state index in [1.165, 1.54) is 18.3 Å². The molecule has 2 atom stereocenters. The summed E-state index contributed by atoms with van der Waals surface area (Å²) in [6, 6.07) is 9.74. The lowest BCUT2D eigenvalue weighted by Crippen LogP contribution is -2.33. The van der Waals surface area contributed by atoms with Crippen LogP contribution >= 0.6 is 0 Å². The normalized spacial score (nSPS) is 19.2. The highest BCUT2D eigenvalue weighted by Crippen LogP contribution is 2.31. The number of hydrogen-bond acceptors (Lipinski definition) is 4. The van der Waals surface area contributed by atoms with Crippen LogP contribution in [0.5, 0.6) is 5.88 Å². The van der Waals surface area contributed by atoms with Crippen LogP contribution in [0.15, 0.2) is 42.6 Å². The molecule has 126 valence electrons. The minimum absolute atomic E-state index is 0.0460. The monoisotopic (exact) mass is 334 g/mol. The van der Waals surface area contributed by atoms with E-state index in [2.05, 4.69) is 10.3 Å². The number of halogens is 2. The van der Waals surface area contributed by atoms with Gasteiger partial charge in [0, 0.05) is 24.2 Å². The van der Waals surface area contributed by atoms with Gasteiger partial charge in [-0.3, -0.25) is 4.79 Å². The maximum absolute atomic E-state index is 12.4. The molecule has 0 bridgehead atoms. The van der Waals surface area contributed by atoms with Crippen LogP contribution in [0.1, 0.15) is 27.5 Å². The van der Waals surface area contributed by atoms with Crippen molar-refractivity contribution in [1.82, 2.24) is 10.3 Å². The maximum atomic E-state index is 12.4. The van der Waals surface area contributed by atoms with E-state index in [4.69, 9.17) is 4.74 Å². The van der Waals surface area contributed by atoms with Crippen molar-refractivity contribution in [3.05, 3.63) is 59.3 Å². The number of nitrogens with one attached hydrogen (secondary N) is 1. The second kappa shape index (κ2) is 6.92. The molecule has 1 aromatic heterocycles. The first-order valence-corrected chi connectivity index (χ1v) is 7.48. The Balaban J connectivity index is 1.72. The van der Waals surface area contributed by atoms with Gasteiger partial charge in [-0.1, -0.05) is 24.3 Å². The van der Waals surface area contributed by atoms with Gasteiger partial charge in [0.05, 0.1) is 12.1 Å². The zero-order chi connectivity index (χ0) is 17.1. The number of amides is 1. The average Bonchev–Trinajstić information content (AvgIpc) is 2.89. The molecular formula is C17H16F2N2O3. The molecule has 1 aliphatic rings. The lowest BCUT2D eigenvalue weighted by Gasteiger charge is -2.18. The van der Waals surface area contributed by atoms with Gasteiger partial charge in [-0.2, -0.15) is 0 Å². The Kier molecular flexibility index (Phi) is 4.71. The minimum atomic E-state index is -2.62. The van der Waals surface area contributed by atoms with Crippen molar-refractivity contribution in [1.29, 1.82) is 0 Å². The summed E-state index contributed by atoms with van der Waals surface area (Å²) in [5.41, 5.74) is 2.10. The summed E-state index contributed by atoms with van der Waals surface area (Å²) in [5, 5.41) is 12.9. The van der Waals surface area contributed by atoms with Crippen molar-refractivity contribution >= 4 is 5.91 Å². The highest BCUT2D eigenvalue weighted by Gasteiger charge is 2.32. The standard InChI is InChI=1S/C17H16F2N2O3/c18-14(19)9-24-15-8-11(5-6-20-15)17(23)21-16-12-4-2-1-3-10(12)7-13(16)22/h1-6,8,13-14,16,22H,7,9H2,(H,21,23). The number of nitrogens with zero attached hydrogens (tertiary/aromatic N) is 1. The van der Waals surface area contributed by atoms with Gasteiger partial charge < -0.3 is 15.2 Å². The number of aliphatic hydroxyl groups is 1. The molecule has 0 saturated carbocycles.